The van der Waals surface area contributed by atoms with E-state index in [0.717, 1.165) is 11.0 Å². The van der Waals surface area contributed by atoms with E-state index < -0.39 is 28.4 Å². The fourth-order valence-corrected chi connectivity index (χ4v) is 5.47. The first kappa shape index (κ1) is 28.9. The molecule has 4 aromatic rings. The summed E-state index contributed by atoms with van der Waals surface area (Å²) >= 11 is 0. The van der Waals surface area contributed by atoms with Crippen LogP contribution in [0, 0.1) is 21.7 Å². The van der Waals surface area contributed by atoms with E-state index in [1.165, 1.54) is 41.3 Å². The number of rotatable bonds is 9. The maximum atomic E-state index is 14.1. The number of carbonyl (C=O) groups is 3. The van der Waals surface area contributed by atoms with Crippen molar-refractivity contribution in [3.8, 4) is 0 Å². The van der Waals surface area contributed by atoms with E-state index in [4.69, 9.17) is 4.63 Å². The van der Waals surface area contributed by atoms with Crippen molar-refractivity contribution in [2.45, 2.75) is 6.54 Å². The molecule has 226 valence electrons. The second-order valence-corrected chi connectivity index (χ2v) is 10.5. The van der Waals surface area contributed by atoms with Gasteiger partial charge in [-0.3, -0.25) is 39.2 Å². The molecule has 0 unspecified atom stereocenters. The Kier molecular flexibility index (Phi) is 7.80. The standard InChI is InChI=1S/C29H25F2N7O6/c30-19-6-4-18(5-7-19)16-37(22-8-9-23(38(42)43)27-26(22)32-44-33-27)24(39)17-35-12-10-34(11-13-35)14-15-36-28(40)20-2-1-3-21(31)25(20)29(36)41/h1-9H,10-17H2. The van der Waals surface area contributed by atoms with Crippen LogP contribution in [0.2, 0.25) is 0 Å². The van der Waals surface area contributed by atoms with Crippen molar-refractivity contribution in [2.75, 3.05) is 50.7 Å². The van der Waals surface area contributed by atoms with E-state index in [-0.39, 0.29) is 59.1 Å². The number of halogens is 2. The topological polar surface area (TPSA) is 146 Å². The van der Waals surface area contributed by atoms with Gasteiger partial charge < -0.3 is 4.90 Å². The molecular weight excluding hydrogens is 580 g/mol. The molecule has 2 aliphatic rings. The predicted octanol–water partition coefficient (Wildman–Crippen LogP) is 2.86. The van der Waals surface area contributed by atoms with Crippen LogP contribution in [-0.2, 0) is 11.3 Å². The molecule has 1 aromatic heterocycles. The van der Waals surface area contributed by atoms with E-state index in [0.29, 0.717) is 38.3 Å². The summed E-state index contributed by atoms with van der Waals surface area (Å²) in [5.41, 5.74) is 0.388. The number of fused-ring (bicyclic) bond motifs is 2. The number of carbonyl (C=O) groups excluding carboxylic acids is 3. The van der Waals surface area contributed by atoms with Gasteiger partial charge in [0.1, 0.15) is 11.6 Å². The van der Waals surface area contributed by atoms with Gasteiger partial charge in [-0.2, -0.15) is 0 Å². The van der Waals surface area contributed by atoms with Gasteiger partial charge in [-0.05, 0) is 46.2 Å². The van der Waals surface area contributed by atoms with Crippen LogP contribution in [0.3, 0.4) is 0 Å². The van der Waals surface area contributed by atoms with Crippen molar-refractivity contribution in [3.63, 3.8) is 0 Å². The third-order valence-electron chi connectivity index (χ3n) is 7.83. The third kappa shape index (κ3) is 5.49. The minimum Gasteiger partial charge on any atom is -0.305 e. The van der Waals surface area contributed by atoms with Gasteiger partial charge in [0.2, 0.25) is 11.4 Å². The summed E-state index contributed by atoms with van der Waals surface area (Å²) in [7, 11) is 0. The van der Waals surface area contributed by atoms with Crippen LogP contribution >= 0.6 is 0 Å². The smallest absolute Gasteiger partial charge is 0.300 e. The van der Waals surface area contributed by atoms with Crippen LogP contribution in [0.1, 0.15) is 26.3 Å². The number of anilines is 1. The van der Waals surface area contributed by atoms with Crippen molar-refractivity contribution >= 4 is 40.1 Å². The van der Waals surface area contributed by atoms with Gasteiger partial charge in [-0.25, -0.2) is 13.4 Å². The first-order chi connectivity index (χ1) is 21.2. The van der Waals surface area contributed by atoms with Gasteiger partial charge in [0.05, 0.1) is 34.8 Å². The number of aromatic nitrogens is 2. The molecule has 0 atom stereocenters. The number of imide groups is 1. The molecule has 3 amide bonds. The highest BCUT2D eigenvalue weighted by Crippen LogP contribution is 2.32. The quantitative estimate of drug-likeness (QED) is 0.159. The third-order valence-corrected chi connectivity index (χ3v) is 7.83. The molecule has 1 saturated heterocycles. The molecule has 0 saturated carbocycles. The van der Waals surface area contributed by atoms with Crippen molar-refractivity contribution in [3.05, 3.63) is 93.0 Å². The molecule has 6 rings (SSSR count). The number of nitro groups is 1. The Morgan fingerprint density at radius 3 is 2.32 bits per heavy atom. The van der Waals surface area contributed by atoms with Crippen LogP contribution in [0.5, 0.6) is 0 Å². The minimum atomic E-state index is -0.718. The van der Waals surface area contributed by atoms with Crippen molar-refractivity contribution < 1.29 is 32.7 Å². The Hall–Kier alpha value is -5.15. The van der Waals surface area contributed by atoms with Crippen LogP contribution in [0.25, 0.3) is 11.0 Å². The first-order valence-corrected chi connectivity index (χ1v) is 13.7. The largest absolute Gasteiger partial charge is 0.305 e. The zero-order chi connectivity index (χ0) is 31.0. The Labute approximate surface area is 248 Å². The molecule has 0 aliphatic carbocycles. The zero-order valence-electron chi connectivity index (χ0n) is 23.2. The number of benzene rings is 3. The van der Waals surface area contributed by atoms with Crippen molar-refractivity contribution in [1.82, 2.24) is 25.0 Å². The average Bonchev–Trinajstić information content (AvgIpc) is 3.59. The van der Waals surface area contributed by atoms with E-state index in [2.05, 4.69) is 15.2 Å². The number of hydrogen-bond acceptors (Lipinski definition) is 10. The fraction of sp³-hybridized carbons (Fsp3) is 0.276. The van der Waals surface area contributed by atoms with Crippen molar-refractivity contribution in [2.24, 2.45) is 0 Å². The molecule has 44 heavy (non-hydrogen) atoms. The van der Waals surface area contributed by atoms with Gasteiger partial charge in [0.25, 0.3) is 11.8 Å². The number of non-ortho nitro benzene ring substituents is 1. The van der Waals surface area contributed by atoms with Crippen LogP contribution in [-0.4, -0.2) is 93.5 Å². The zero-order valence-corrected chi connectivity index (χ0v) is 23.2. The summed E-state index contributed by atoms with van der Waals surface area (Å²) in [5, 5.41) is 19.0. The summed E-state index contributed by atoms with van der Waals surface area (Å²) in [6.07, 6.45) is 0. The van der Waals surface area contributed by atoms with Gasteiger partial charge >= 0.3 is 5.69 Å². The average molecular weight is 606 g/mol. The number of amides is 3. The molecule has 0 N–H and O–H groups in total. The molecular formula is C29H25F2N7O6. The second-order valence-electron chi connectivity index (χ2n) is 10.5. The summed E-state index contributed by atoms with van der Waals surface area (Å²) in [5.74, 6) is -2.63. The van der Waals surface area contributed by atoms with Crippen molar-refractivity contribution in [1.29, 1.82) is 0 Å². The molecule has 3 aromatic carbocycles. The maximum Gasteiger partial charge on any atom is 0.300 e. The normalized spacial score (nSPS) is 15.6. The molecule has 1 fully saturated rings. The highest BCUT2D eigenvalue weighted by molar-refractivity contribution is 6.21. The minimum absolute atomic E-state index is 0.0104. The van der Waals surface area contributed by atoms with Crippen LogP contribution in [0.15, 0.2) is 59.2 Å². The lowest BCUT2D eigenvalue weighted by Crippen LogP contribution is -2.51. The summed E-state index contributed by atoms with van der Waals surface area (Å²) in [6.45, 7) is 2.68. The number of nitro benzene ring substituents is 1. The number of nitrogens with zero attached hydrogens (tertiary/aromatic N) is 7. The lowest BCUT2D eigenvalue weighted by molar-refractivity contribution is -0.383. The number of piperazine rings is 1. The lowest BCUT2D eigenvalue weighted by Gasteiger charge is -2.35. The van der Waals surface area contributed by atoms with E-state index in [9.17, 15) is 33.3 Å². The first-order valence-electron chi connectivity index (χ1n) is 13.7. The number of hydrogen-bond donors (Lipinski definition) is 0. The van der Waals surface area contributed by atoms with Gasteiger partial charge in [0.15, 0.2) is 5.52 Å². The van der Waals surface area contributed by atoms with E-state index in [1.807, 2.05) is 4.90 Å². The SMILES string of the molecule is O=C1c2cccc(F)c2C(=O)N1CCN1CCN(CC(=O)N(Cc2ccc(F)cc2)c2ccc([N+](=O)[O-])c3nonc23)CC1. The lowest BCUT2D eigenvalue weighted by atomic mass is 10.1. The van der Waals surface area contributed by atoms with Crippen LogP contribution < -0.4 is 4.90 Å². The molecule has 13 nitrogen and oxygen atoms in total. The second kappa shape index (κ2) is 11.9. The Bertz CT molecular complexity index is 1770. The fourth-order valence-electron chi connectivity index (χ4n) is 5.47. The highest BCUT2D eigenvalue weighted by Gasteiger charge is 2.38. The molecule has 3 heterocycles. The van der Waals surface area contributed by atoms with E-state index in [1.54, 1.807) is 12.1 Å². The molecule has 15 heteroatoms. The Balaban J connectivity index is 1.12. The molecule has 0 radical (unpaired) electrons. The van der Waals surface area contributed by atoms with Crippen LogP contribution in [0.4, 0.5) is 20.2 Å². The van der Waals surface area contributed by atoms with Gasteiger partial charge in [-0.1, -0.05) is 18.2 Å². The van der Waals surface area contributed by atoms with Gasteiger partial charge in [-0.15, -0.1) is 0 Å². The molecule has 0 bridgehead atoms. The van der Waals surface area contributed by atoms with Gasteiger partial charge in [0, 0.05) is 45.3 Å². The summed E-state index contributed by atoms with van der Waals surface area (Å²) < 4.78 is 32.5. The molecule has 2 aliphatic heterocycles. The Morgan fingerprint density at radius 1 is 0.909 bits per heavy atom. The highest BCUT2D eigenvalue weighted by atomic mass is 19.1. The Morgan fingerprint density at radius 2 is 1.61 bits per heavy atom. The predicted molar refractivity (Wildman–Crippen MR) is 151 cm³/mol. The monoisotopic (exact) mass is 605 g/mol. The molecule has 0 spiro atoms. The summed E-state index contributed by atoms with van der Waals surface area (Å²) in [6, 6.07) is 12.3. The summed E-state index contributed by atoms with van der Waals surface area (Å²) in [4.78, 5) is 56.4. The van der Waals surface area contributed by atoms with E-state index >= 15 is 0 Å². The maximum absolute atomic E-state index is 14.1.